The van der Waals surface area contributed by atoms with Gasteiger partial charge < -0.3 is 4.84 Å². The Bertz CT molecular complexity index is 122. The van der Waals surface area contributed by atoms with E-state index in [1.807, 2.05) is 12.1 Å². The number of rotatable bonds is 2. The molecule has 1 aliphatic rings. The maximum Gasteiger partial charge on any atom is 0.0575 e. The SMILES string of the molecule is CON(C)C1C=CCCC1. The van der Waals surface area contributed by atoms with Gasteiger partial charge in [0.2, 0.25) is 0 Å². The van der Waals surface area contributed by atoms with E-state index in [1.54, 1.807) is 7.11 Å². The summed E-state index contributed by atoms with van der Waals surface area (Å²) >= 11 is 0. The molecular formula is C8H15NO. The topological polar surface area (TPSA) is 12.5 Å². The lowest BCUT2D eigenvalue weighted by Gasteiger charge is -2.24. The molecule has 0 amide bonds. The smallest absolute Gasteiger partial charge is 0.0575 e. The van der Waals surface area contributed by atoms with Crippen LogP contribution in [0.2, 0.25) is 0 Å². The first kappa shape index (κ1) is 7.76. The Morgan fingerprint density at radius 2 is 2.40 bits per heavy atom. The molecule has 0 spiro atoms. The zero-order valence-corrected chi connectivity index (χ0v) is 6.71. The van der Waals surface area contributed by atoms with E-state index in [2.05, 4.69) is 12.2 Å². The largest absolute Gasteiger partial charge is 0.302 e. The van der Waals surface area contributed by atoms with E-state index in [-0.39, 0.29) is 0 Å². The molecule has 0 saturated heterocycles. The van der Waals surface area contributed by atoms with Gasteiger partial charge in [-0.05, 0) is 19.3 Å². The molecule has 2 heteroatoms. The van der Waals surface area contributed by atoms with Gasteiger partial charge in [0, 0.05) is 7.05 Å². The lowest BCUT2D eigenvalue weighted by molar-refractivity contribution is -0.131. The second-order valence-electron chi connectivity index (χ2n) is 2.66. The molecule has 0 fully saturated rings. The molecule has 2 nitrogen and oxygen atoms in total. The first-order valence-electron chi connectivity index (χ1n) is 3.78. The van der Waals surface area contributed by atoms with Crippen molar-refractivity contribution in [2.75, 3.05) is 14.2 Å². The van der Waals surface area contributed by atoms with E-state index in [0.717, 1.165) is 0 Å². The summed E-state index contributed by atoms with van der Waals surface area (Å²) < 4.78 is 0. The molecule has 0 radical (unpaired) electrons. The maximum atomic E-state index is 5.07. The fourth-order valence-electron chi connectivity index (χ4n) is 1.23. The molecule has 1 unspecified atom stereocenters. The van der Waals surface area contributed by atoms with Crippen LogP contribution in [0.4, 0.5) is 0 Å². The number of likely N-dealkylation sites (N-methyl/N-ethyl adjacent to an activating group) is 1. The molecule has 0 saturated carbocycles. The number of hydrogen-bond acceptors (Lipinski definition) is 2. The van der Waals surface area contributed by atoms with Crippen molar-refractivity contribution in [2.45, 2.75) is 25.3 Å². The number of nitrogens with zero attached hydrogens (tertiary/aromatic N) is 1. The number of allylic oxidation sites excluding steroid dienone is 1. The van der Waals surface area contributed by atoms with Crippen molar-refractivity contribution in [3.63, 3.8) is 0 Å². The van der Waals surface area contributed by atoms with E-state index >= 15 is 0 Å². The van der Waals surface area contributed by atoms with Gasteiger partial charge in [-0.25, -0.2) is 0 Å². The van der Waals surface area contributed by atoms with Crippen LogP contribution in [0.25, 0.3) is 0 Å². The summed E-state index contributed by atoms with van der Waals surface area (Å²) in [6.07, 6.45) is 8.18. The summed E-state index contributed by atoms with van der Waals surface area (Å²) in [7, 11) is 3.68. The lowest BCUT2D eigenvalue weighted by Crippen LogP contribution is -2.29. The molecule has 0 heterocycles. The van der Waals surface area contributed by atoms with Crippen LogP contribution in [0.3, 0.4) is 0 Å². The highest BCUT2D eigenvalue weighted by molar-refractivity contribution is 4.96. The molecule has 0 bridgehead atoms. The van der Waals surface area contributed by atoms with Crippen molar-refractivity contribution in [3.8, 4) is 0 Å². The van der Waals surface area contributed by atoms with Crippen molar-refractivity contribution < 1.29 is 4.84 Å². The molecule has 0 aromatic rings. The predicted octanol–water partition coefficient (Wildman–Crippen LogP) is 1.59. The fourth-order valence-corrected chi connectivity index (χ4v) is 1.23. The molecule has 0 aromatic heterocycles. The third kappa shape index (κ3) is 1.82. The minimum Gasteiger partial charge on any atom is -0.302 e. The summed E-state index contributed by atoms with van der Waals surface area (Å²) in [5.41, 5.74) is 0. The van der Waals surface area contributed by atoms with Gasteiger partial charge in [-0.15, -0.1) is 0 Å². The third-order valence-electron chi connectivity index (χ3n) is 1.98. The summed E-state index contributed by atoms with van der Waals surface area (Å²) in [5.74, 6) is 0. The van der Waals surface area contributed by atoms with Gasteiger partial charge in [0.05, 0.1) is 13.2 Å². The van der Waals surface area contributed by atoms with Gasteiger partial charge in [-0.3, -0.25) is 0 Å². The molecule has 1 atom stereocenters. The van der Waals surface area contributed by atoms with Crippen molar-refractivity contribution in [3.05, 3.63) is 12.2 Å². The summed E-state index contributed by atoms with van der Waals surface area (Å²) in [4.78, 5) is 5.07. The van der Waals surface area contributed by atoms with Crippen LogP contribution in [0.15, 0.2) is 12.2 Å². The zero-order valence-electron chi connectivity index (χ0n) is 6.71. The van der Waals surface area contributed by atoms with Gasteiger partial charge >= 0.3 is 0 Å². The molecular weight excluding hydrogens is 126 g/mol. The minimum absolute atomic E-state index is 0.499. The summed E-state index contributed by atoms with van der Waals surface area (Å²) in [6.45, 7) is 0. The summed E-state index contributed by atoms with van der Waals surface area (Å²) in [6, 6.07) is 0.499. The Morgan fingerprint density at radius 1 is 1.60 bits per heavy atom. The first-order valence-corrected chi connectivity index (χ1v) is 3.78. The molecule has 58 valence electrons. The Labute approximate surface area is 62.4 Å². The Balaban J connectivity index is 2.38. The van der Waals surface area contributed by atoms with E-state index in [0.29, 0.717) is 6.04 Å². The first-order chi connectivity index (χ1) is 4.84. The molecule has 0 aliphatic heterocycles. The van der Waals surface area contributed by atoms with Crippen LogP contribution in [-0.2, 0) is 4.84 Å². The number of hydrogen-bond donors (Lipinski definition) is 0. The average molecular weight is 141 g/mol. The normalized spacial score (nSPS) is 25.7. The average Bonchev–Trinajstić information content (AvgIpc) is 2.05. The fraction of sp³-hybridized carbons (Fsp3) is 0.750. The van der Waals surface area contributed by atoms with Gasteiger partial charge in [0.1, 0.15) is 0 Å². The van der Waals surface area contributed by atoms with E-state index in [9.17, 15) is 0 Å². The highest BCUT2D eigenvalue weighted by Crippen LogP contribution is 2.14. The lowest BCUT2D eigenvalue weighted by atomic mass is 10.0. The van der Waals surface area contributed by atoms with Crippen LogP contribution in [0, 0.1) is 0 Å². The third-order valence-corrected chi connectivity index (χ3v) is 1.98. The van der Waals surface area contributed by atoms with E-state index in [4.69, 9.17) is 4.84 Å². The van der Waals surface area contributed by atoms with Gasteiger partial charge in [-0.2, -0.15) is 5.06 Å². The van der Waals surface area contributed by atoms with Crippen LogP contribution < -0.4 is 0 Å². The highest BCUT2D eigenvalue weighted by Gasteiger charge is 2.12. The number of hydroxylamine groups is 2. The van der Waals surface area contributed by atoms with Gasteiger partial charge in [0.25, 0.3) is 0 Å². The maximum absolute atomic E-state index is 5.07. The van der Waals surface area contributed by atoms with Crippen LogP contribution in [-0.4, -0.2) is 25.3 Å². The standard InChI is InChI=1S/C8H15NO/c1-9(10-2)8-6-4-3-5-7-8/h4,6,8H,3,5,7H2,1-2H3. The van der Waals surface area contributed by atoms with Gasteiger partial charge in [0.15, 0.2) is 0 Å². The minimum atomic E-state index is 0.499. The summed E-state index contributed by atoms with van der Waals surface area (Å²) in [5, 5.41) is 1.90. The van der Waals surface area contributed by atoms with Crippen molar-refractivity contribution in [2.24, 2.45) is 0 Å². The van der Waals surface area contributed by atoms with E-state index in [1.165, 1.54) is 19.3 Å². The molecule has 0 aromatic carbocycles. The predicted molar refractivity (Wildman–Crippen MR) is 41.6 cm³/mol. The quantitative estimate of drug-likeness (QED) is 0.427. The molecule has 1 aliphatic carbocycles. The monoisotopic (exact) mass is 141 g/mol. The van der Waals surface area contributed by atoms with Crippen molar-refractivity contribution >= 4 is 0 Å². The Morgan fingerprint density at radius 3 is 2.90 bits per heavy atom. The Hall–Kier alpha value is -0.340. The second kappa shape index (κ2) is 3.74. The van der Waals surface area contributed by atoms with Crippen LogP contribution in [0.1, 0.15) is 19.3 Å². The molecule has 1 rings (SSSR count). The van der Waals surface area contributed by atoms with Crippen molar-refractivity contribution in [1.82, 2.24) is 5.06 Å². The zero-order chi connectivity index (χ0) is 7.40. The molecule has 0 N–H and O–H groups in total. The van der Waals surface area contributed by atoms with Crippen LogP contribution in [0.5, 0.6) is 0 Å². The second-order valence-corrected chi connectivity index (χ2v) is 2.66. The molecule has 10 heavy (non-hydrogen) atoms. The Kier molecular flexibility index (Phi) is 2.90. The van der Waals surface area contributed by atoms with Crippen LogP contribution >= 0.6 is 0 Å². The highest BCUT2D eigenvalue weighted by atomic mass is 16.7. The van der Waals surface area contributed by atoms with Gasteiger partial charge in [-0.1, -0.05) is 12.2 Å². The van der Waals surface area contributed by atoms with E-state index < -0.39 is 0 Å². The van der Waals surface area contributed by atoms with Crippen molar-refractivity contribution in [1.29, 1.82) is 0 Å².